The summed E-state index contributed by atoms with van der Waals surface area (Å²) in [6, 6.07) is 7.96. The van der Waals surface area contributed by atoms with Gasteiger partial charge in [-0.2, -0.15) is 0 Å². The summed E-state index contributed by atoms with van der Waals surface area (Å²) in [7, 11) is 0. The number of hydrogen-bond donors (Lipinski definition) is 0. The van der Waals surface area contributed by atoms with Gasteiger partial charge in [-0.1, -0.05) is 18.7 Å². The zero-order valence-corrected chi connectivity index (χ0v) is 13.3. The predicted molar refractivity (Wildman–Crippen MR) is 88.5 cm³/mol. The summed E-state index contributed by atoms with van der Waals surface area (Å²) >= 11 is 0. The Morgan fingerprint density at radius 3 is 2.22 bits per heavy atom. The highest BCUT2D eigenvalue weighted by Crippen LogP contribution is 2.10. The Kier molecular flexibility index (Phi) is 7.85. The molecule has 2 rings (SSSR count). The van der Waals surface area contributed by atoms with Crippen molar-refractivity contribution >= 4 is 29.2 Å². The predicted octanol–water partition coefficient (Wildman–Crippen LogP) is 2.81. The summed E-state index contributed by atoms with van der Waals surface area (Å²) in [5.74, 6) is -1.07. The Hall–Kier alpha value is -2.89. The number of benzene rings is 1. The molecule has 0 spiro atoms. The van der Waals surface area contributed by atoms with Crippen LogP contribution < -0.4 is 0 Å². The van der Waals surface area contributed by atoms with Crippen LogP contribution in [-0.2, 0) is 19.1 Å². The van der Waals surface area contributed by atoms with Crippen LogP contribution in [-0.4, -0.2) is 34.7 Å². The number of carbonyl (C=O) groups is 2. The molecule has 1 heterocycles. The number of ether oxygens (including phenoxy) is 2. The van der Waals surface area contributed by atoms with Gasteiger partial charge in [-0.25, -0.2) is 14.6 Å². The third kappa shape index (κ3) is 6.17. The molecule has 0 unspecified atom stereocenters. The van der Waals surface area contributed by atoms with Gasteiger partial charge < -0.3 is 14.0 Å². The van der Waals surface area contributed by atoms with E-state index in [0.717, 1.165) is 23.2 Å². The van der Waals surface area contributed by atoms with Crippen LogP contribution in [0.25, 0.3) is 17.2 Å². The van der Waals surface area contributed by atoms with Gasteiger partial charge in [0.15, 0.2) is 0 Å². The fraction of sp³-hybridized carbons (Fsp3) is 0.235. The second kappa shape index (κ2) is 9.94. The molecule has 0 saturated heterocycles. The molecule has 0 bridgehead atoms. The first-order valence-electron chi connectivity index (χ1n) is 7.18. The van der Waals surface area contributed by atoms with Gasteiger partial charge in [0.2, 0.25) is 0 Å². The van der Waals surface area contributed by atoms with Gasteiger partial charge in [-0.15, -0.1) is 0 Å². The number of rotatable bonds is 5. The van der Waals surface area contributed by atoms with E-state index in [0.29, 0.717) is 13.2 Å². The topological polar surface area (TPSA) is 70.4 Å². The summed E-state index contributed by atoms with van der Waals surface area (Å²) in [6.45, 7) is 7.65. The standard InChI is InChI=1S/C9H8N2.C8H12O4/c1-2-11-7-10-8-5-3-4-6-9(8)11;1-3-11-7(9)5-6-8(10)12-4-2/h2-7H,1H2;5-6H,3-4H2,1-2H3/b;6-5-. The smallest absolute Gasteiger partial charge is 0.330 e. The fourth-order valence-corrected chi connectivity index (χ4v) is 1.64. The Morgan fingerprint density at radius 2 is 1.70 bits per heavy atom. The second-order valence-corrected chi connectivity index (χ2v) is 4.16. The molecule has 0 aliphatic carbocycles. The number of hydrogen-bond acceptors (Lipinski definition) is 5. The maximum absolute atomic E-state index is 10.6. The Morgan fingerprint density at radius 1 is 1.13 bits per heavy atom. The molecule has 0 amide bonds. The fourth-order valence-electron chi connectivity index (χ4n) is 1.64. The van der Waals surface area contributed by atoms with E-state index in [1.807, 2.05) is 28.8 Å². The molecule has 23 heavy (non-hydrogen) atoms. The summed E-state index contributed by atoms with van der Waals surface area (Å²) < 4.78 is 11.0. The van der Waals surface area contributed by atoms with E-state index < -0.39 is 11.9 Å². The van der Waals surface area contributed by atoms with Gasteiger partial charge in [0.25, 0.3) is 0 Å². The average Bonchev–Trinajstić information content (AvgIpc) is 2.97. The number of fused-ring (bicyclic) bond motifs is 1. The molecule has 0 N–H and O–H groups in total. The molecule has 0 atom stereocenters. The highest BCUT2D eigenvalue weighted by Gasteiger charge is 1.97. The minimum absolute atomic E-state index is 0.298. The van der Waals surface area contributed by atoms with E-state index in [1.165, 1.54) is 0 Å². The monoisotopic (exact) mass is 316 g/mol. The summed E-state index contributed by atoms with van der Waals surface area (Å²) in [4.78, 5) is 25.5. The van der Waals surface area contributed by atoms with E-state index in [4.69, 9.17) is 0 Å². The van der Waals surface area contributed by atoms with Crippen molar-refractivity contribution in [2.24, 2.45) is 0 Å². The lowest BCUT2D eigenvalue weighted by Gasteiger charge is -1.95. The van der Waals surface area contributed by atoms with Gasteiger partial charge in [0.1, 0.15) is 0 Å². The van der Waals surface area contributed by atoms with Crippen molar-refractivity contribution in [3.8, 4) is 0 Å². The first-order chi connectivity index (χ1) is 11.1. The summed E-state index contributed by atoms with van der Waals surface area (Å²) in [5.41, 5.74) is 2.11. The molecule has 6 heteroatoms. The largest absolute Gasteiger partial charge is 0.463 e. The molecule has 2 aromatic rings. The molecule has 1 aromatic heterocycles. The molecule has 0 aliphatic rings. The minimum atomic E-state index is -0.537. The van der Waals surface area contributed by atoms with Crippen molar-refractivity contribution in [1.29, 1.82) is 0 Å². The maximum Gasteiger partial charge on any atom is 0.330 e. The molecule has 0 saturated carbocycles. The van der Waals surface area contributed by atoms with Gasteiger partial charge >= 0.3 is 11.9 Å². The first-order valence-corrected chi connectivity index (χ1v) is 7.18. The lowest BCUT2D eigenvalue weighted by Crippen LogP contribution is -2.03. The molecule has 0 aliphatic heterocycles. The van der Waals surface area contributed by atoms with E-state index in [2.05, 4.69) is 21.0 Å². The Bertz CT molecular complexity index is 669. The van der Waals surface area contributed by atoms with Crippen molar-refractivity contribution in [3.63, 3.8) is 0 Å². The number of esters is 2. The van der Waals surface area contributed by atoms with E-state index in [9.17, 15) is 9.59 Å². The van der Waals surface area contributed by atoms with Gasteiger partial charge in [-0.3, -0.25) is 0 Å². The van der Waals surface area contributed by atoms with Crippen LogP contribution in [0.3, 0.4) is 0 Å². The molecular formula is C17H20N2O4. The van der Waals surface area contributed by atoms with Crippen LogP contribution in [0.4, 0.5) is 0 Å². The zero-order chi connectivity index (χ0) is 17.1. The van der Waals surface area contributed by atoms with E-state index >= 15 is 0 Å². The second-order valence-electron chi connectivity index (χ2n) is 4.16. The Balaban J connectivity index is 0.000000230. The number of nitrogens with zero attached hydrogens (tertiary/aromatic N) is 2. The number of imidazole rings is 1. The van der Waals surface area contributed by atoms with E-state index in [1.54, 1.807) is 26.4 Å². The summed E-state index contributed by atoms with van der Waals surface area (Å²) in [6.07, 6.45) is 5.59. The first kappa shape index (κ1) is 18.2. The van der Waals surface area contributed by atoms with Gasteiger partial charge in [0, 0.05) is 18.4 Å². The van der Waals surface area contributed by atoms with Crippen LogP contribution >= 0.6 is 0 Å². The molecule has 1 aromatic carbocycles. The zero-order valence-electron chi connectivity index (χ0n) is 13.3. The van der Waals surface area contributed by atoms with Crippen molar-refractivity contribution in [1.82, 2.24) is 9.55 Å². The average molecular weight is 316 g/mol. The quantitative estimate of drug-likeness (QED) is 0.626. The molecule has 0 fully saturated rings. The molecule has 0 radical (unpaired) electrons. The number of aromatic nitrogens is 2. The lowest BCUT2D eigenvalue weighted by atomic mass is 10.3. The highest BCUT2D eigenvalue weighted by molar-refractivity contribution is 5.91. The Labute approximate surface area is 135 Å². The van der Waals surface area contributed by atoms with E-state index in [-0.39, 0.29) is 0 Å². The van der Waals surface area contributed by atoms with Crippen molar-refractivity contribution in [2.45, 2.75) is 13.8 Å². The molecule has 122 valence electrons. The van der Waals surface area contributed by atoms with Crippen LogP contribution in [0.5, 0.6) is 0 Å². The normalized spacial score (nSPS) is 10.0. The third-order valence-corrected chi connectivity index (χ3v) is 2.61. The number of para-hydroxylation sites is 2. The number of carbonyl (C=O) groups excluding carboxylic acids is 2. The molecule has 6 nitrogen and oxygen atoms in total. The van der Waals surface area contributed by atoms with Crippen molar-refractivity contribution < 1.29 is 19.1 Å². The highest BCUT2D eigenvalue weighted by atomic mass is 16.5. The van der Waals surface area contributed by atoms with Crippen LogP contribution in [0.15, 0.2) is 49.3 Å². The van der Waals surface area contributed by atoms with Gasteiger partial charge in [-0.05, 0) is 26.0 Å². The summed E-state index contributed by atoms with van der Waals surface area (Å²) in [5, 5.41) is 0. The minimum Gasteiger partial charge on any atom is -0.463 e. The van der Waals surface area contributed by atoms with Crippen LogP contribution in [0.1, 0.15) is 13.8 Å². The third-order valence-electron chi connectivity index (χ3n) is 2.61. The maximum atomic E-state index is 10.6. The lowest BCUT2D eigenvalue weighted by molar-refractivity contribution is -0.140. The van der Waals surface area contributed by atoms with Crippen molar-refractivity contribution in [2.75, 3.05) is 13.2 Å². The van der Waals surface area contributed by atoms with Crippen LogP contribution in [0, 0.1) is 0 Å². The van der Waals surface area contributed by atoms with Crippen molar-refractivity contribution in [3.05, 3.63) is 49.3 Å². The van der Waals surface area contributed by atoms with Gasteiger partial charge in [0.05, 0.1) is 30.6 Å². The van der Waals surface area contributed by atoms with Crippen LogP contribution in [0.2, 0.25) is 0 Å². The SMILES string of the molecule is C=Cn1cnc2ccccc21.CCOC(=O)/C=C\C(=O)OCC. The molecular weight excluding hydrogens is 296 g/mol.